The Morgan fingerprint density at radius 3 is 1.16 bits per heavy atom. The van der Waals surface area contributed by atoms with Gasteiger partial charge in [-0.1, -0.05) is 83.1 Å². The summed E-state index contributed by atoms with van der Waals surface area (Å²) in [5.74, 6) is -0.0638. The molecule has 0 spiro atoms. The fraction of sp³-hybridized carbons (Fsp3) is 1.00. The molecule has 1 saturated heterocycles. The van der Waals surface area contributed by atoms with E-state index in [-0.39, 0.29) is 31.7 Å². The first kappa shape index (κ1) is 67.0. The maximum atomic E-state index is 10.8. The second kappa shape index (κ2) is 24.8. The molecular formula is C44H106N2O10S2Si6. The van der Waals surface area contributed by atoms with Crippen LogP contribution in [0.1, 0.15) is 122 Å². The standard InChI is InChI=1S/C22H53NO5SSi3.C18H45NO2Si3.C4H8O3S/c1-21(2,3)30(9,10)27-32(13,28-31(11,12)22(4,5)6)20-16-18-23(7,8)17-14-15-19-29(24,25)26;1-17(2,3)22(9,10)20-24(13,16-14-15-19(7)8)21-23(11,12)18(4,5)6;5-8(6)4-2-1-3-7-8/h14-20H2,1-13H3;14-16H2,1-13H3;1-4H2. The molecule has 0 saturated carbocycles. The number of rotatable bonds is 21. The third-order valence-electron chi connectivity index (χ3n) is 14.2. The molecule has 0 unspecified atom stereocenters. The number of unbranched alkanes of at least 4 members (excludes halogenated alkanes) is 1. The molecule has 0 amide bonds. The molecule has 12 nitrogen and oxygen atoms in total. The van der Waals surface area contributed by atoms with Crippen molar-refractivity contribution in [1.29, 1.82) is 0 Å². The lowest BCUT2D eigenvalue weighted by atomic mass is 10.2. The molecule has 0 aliphatic carbocycles. The van der Waals surface area contributed by atoms with Crippen LogP contribution in [0.15, 0.2) is 0 Å². The number of quaternary nitrogens is 1. The second-order valence-corrected chi connectivity index (χ2v) is 56.0. The Morgan fingerprint density at radius 2 is 0.906 bits per heavy atom. The highest BCUT2D eigenvalue weighted by Crippen LogP contribution is 2.45. The average Bonchev–Trinajstić information content (AvgIpc) is 2.99. The van der Waals surface area contributed by atoms with E-state index >= 15 is 0 Å². The summed E-state index contributed by atoms with van der Waals surface area (Å²) in [4.78, 5) is 2.26. The van der Waals surface area contributed by atoms with Crippen molar-refractivity contribution in [2.45, 2.75) is 219 Å². The van der Waals surface area contributed by atoms with Gasteiger partial charge in [-0.2, -0.15) is 8.42 Å². The van der Waals surface area contributed by atoms with Crippen molar-refractivity contribution in [3.05, 3.63) is 0 Å². The molecule has 0 aromatic rings. The second-order valence-electron chi connectivity index (χ2n) is 25.9. The van der Waals surface area contributed by atoms with Crippen LogP contribution in [-0.4, -0.2) is 147 Å². The summed E-state index contributed by atoms with van der Waals surface area (Å²) in [5.41, 5.74) is 0. The van der Waals surface area contributed by atoms with Crippen LogP contribution >= 0.6 is 0 Å². The van der Waals surface area contributed by atoms with Crippen molar-refractivity contribution in [3.8, 4) is 0 Å². The normalized spacial score (nSPS) is 16.8. The molecular weight excluding hydrogens is 949 g/mol. The number of hydrogen-bond donors (Lipinski definition) is 0. The van der Waals surface area contributed by atoms with Gasteiger partial charge in [0.05, 0.1) is 49.7 Å². The zero-order chi connectivity index (χ0) is 51.5. The first-order valence-electron chi connectivity index (χ1n) is 23.9. The highest BCUT2D eigenvalue weighted by atomic mass is 32.2. The number of hydrogen-bond acceptors (Lipinski definition) is 11. The predicted molar refractivity (Wildman–Crippen MR) is 288 cm³/mol. The largest absolute Gasteiger partial charge is 0.748 e. The molecule has 1 aliphatic heterocycles. The summed E-state index contributed by atoms with van der Waals surface area (Å²) in [6.45, 7) is 54.2. The summed E-state index contributed by atoms with van der Waals surface area (Å²) in [6, 6.07) is 2.05. The molecule has 0 aromatic heterocycles. The van der Waals surface area contributed by atoms with E-state index in [0.29, 0.717) is 13.0 Å². The molecule has 0 atom stereocenters. The van der Waals surface area contributed by atoms with Crippen LogP contribution in [0.2, 0.25) is 97.7 Å². The zero-order valence-corrected chi connectivity index (χ0v) is 54.3. The molecule has 20 heteroatoms. The van der Waals surface area contributed by atoms with E-state index in [2.05, 4.69) is 186 Å². The molecule has 0 radical (unpaired) electrons. The van der Waals surface area contributed by atoms with Gasteiger partial charge >= 0.3 is 17.1 Å². The first-order chi connectivity index (χ1) is 27.9. The molecule has 388 valence electrons. The highest BCUT2D eigenvalue weighted by Gasteiger charge is 2.51. The monoisotopic (exact) mass is 1050 g/mol. The van der Waals surface area contributed by atoms with Crippen molar-refractivity contribution >= 4 is 70.6 Å². The minimum Gasteiger partial charge on any atom is -0.748 e. The van der Waals surface area contributed by atoms with Gasteiger partial charge < -0.3 is 30.4 Å². The third kappa shape index (κ3) is 26.7. The van der Waals surface area contributed by atoms with Gasteiger partial charge in [0.2, 0.25) is 0 Å². The lowest BCUT2D eigenvalue weighted by Crippen LogP contribution is -2.59. The van der Waals surface area contributed by atoms with E-state index in [9.17, 15) is 21.4 Å². The van der Waals surface area contributed by atoms with Crippen molar-refractivity contribution in [1.82, 2.24) is 4.90 Å². The average molecular weight is 1060 g/mol. The summed E-state index contributed by atoms with van der Waals surface area (Å²) < 4.78 is 86.6. The molecule has 64 heavy (non-hydrogen) atoms. The van der Waals surface area contributed by atoms with Crippen LogP contribution in [0, 0.1) is 0 Å². The van der Waals surface area contributed by atoms with Crippen molar-refractivity contribution in [2.75, 3.05) is 65.9 Å². The molecule has 0 bridgehead atoms. The van der Waals surface area contributed by atoms with Gasteiger partial charge in [0, 0.05) is 5.75 Å². The Morgan fingerprint density at radius 1 is 0.578 bits per heavy atom. The van der Waals surface area contributed by atoms with E-state index in [1.807, 2.05) is 0 Å². The Balaban J connectivity index is 0. The summed E-state index contributed by atoms with van der Waals surface area (Å²) in [7, 11) is -10.8. The van der Waals surface area contributed by atoms with Gasteiger partial charge in [-0.3, -0.25) is 4.18 Å². The van der Waals surface area contributed by atoms with Gasteiger partial charge in [0.1, 0.15) is 0 Å². The van der Waals surface area contributed by atoms with Crippen molar-refractivity contribution in [3.63, 3.8) is 0 Å². The highest BCUT2D eigenvalue weighted by molar-refractivity contribution is 7.86. The zero-order valence-electron chi connectivity index (χ0n) is 46.7. The van der Waals surface area contributed by atoms with E-state index in [0.717, 1.165) is 68.3 Å². The molecule has 0 N–H and O–H groups in total. The van der Waals surface area contributed by atoms with Gasteiger partial charge in [0.25, 0.3) is 10.1 Å². The third-order valence-corrected chi connectivity index (χ3v) is 48.3. The number of nitrogens with zero attached hydrogens (tertiary/aromatic N) is 2. The van der Waals surface area contributed by atoms with Gasteiger partial charge in [-0.15, -0.1) is 0 Å². The van der Waals surface area contributed by atoms with Crippen LogP contribution < -0.4 is 0 Å². The van der Waals surface area contributed by atoms with E-state index in [4.69, 9.17) is 16.5 Å². The predicted octanol–water partition coefficient (Wildman–Crippen LogP) is 12.1. The summed E-state index contributed by atoms with van der Waals surface area (Å²) in [6.07, 6.45) is 4.96. The summed E-state index contributed by atoms with van der Waals surface area (Å²) >= 11 is 0. The molecule has 0 aromatic carbocycles. The van der Waals surface area contributed by atoms with Crippen molar-refractivity contribution < 1.29 is 46.5 Å². The molecule has 1 rings (SSSR count). The maximum Gasteiger partial charge on any atom is 0.314 e. The van der Waals surface area contributed by atoms with Gasteiger partial charge in [-0.25, -0.2) is 8.42 Å². The molecule has 1 fully saturated rings. The van der Waals surface area contributed by atoms with E-state index < -0.39 is 70.6 Å². The van der Waals surface area contributed by atoms with Crippen LogP contribution in [0.4, 0.5) is 0 Å². The Bertz CT molecular complexity index is 1530. The van der Waals surface area contributed by atoms with Crippen LogP contribution in [0.5, 0.6) is 0 Å². The van der Waals surface area contributed by atoms with Crippen LogP contribution in [-0.2, 0) is 40.9 Å². The van der Waals surface area contributed by atoms with Crippen LogP contribution in [0.3, 0.4) is 0 Å². The smallest absolute Gasteiger partial charge is 0.314 e. The van der Waals surface area contributed by atoms with E-state index in [1.165, 1.54) is 0 Å². The molecule has 1 aliphatic rings. The Labute approximate surface area is 404 Å². The fourth-order valence-corrected chi connectivity index (χ4v) is 34.2. The Kier molecular flexibility index (Phi) is 26.0. The molecule has 1 heterocycles. The van der Waals surface area contributed by atoms with Gasteiger partial charge in [-0.05, 0) is 157 Å². The maximum absolute atomic E-state index is 10.8. The quantitative estimate of drug-likeness (QED) is 0.0357. The summed E-state index contributed by atoms with van der Waals surface area (Å²) in [5, 5.41) is 0.712. The Hall–Kier alpha value is 0.881. The van der Waals surface area contributed by atoms with Gasteiger partial charge in [0.15, 0.2) is 33.3 Å². The fourth-order valence-electron chi connectivity index (χ4n) is 6.12. The minimum absolute atomic E-state index is 0.134. The lowest BCUT2D eigenvalue weighted by molar-refractivity contribution is -0.890. The SMILES string of the molecule is CC(C)(C)[Si](C)(C)O[Si](C)(CCC[N+](C)(C)CCCCS(=O)(=O)[O-])O[Si](C)(C)C(C)(C)C.CN(C)CCC[Si](C)(O[Si](C)(C)C(C)(C)C)O[Si](C)(C)C(C)(C)C.O=S1(=O)CCCCO1. The minimum atomic E-state index is -4.11. The first-order valence-corrected chi connectivity index (χ1v) is 43.8. The van der Waals surface area contributed by atoms with Crippen LogP contribution in [0.25, 0.3) is 0 Å². The topological polar surface area (TPSA) is 141 Å². The lowest BCUT2D eigenvalue weighted by Gasteiger charge is -2.48. The van der Waals surface area contributed by atoms with E-state index in [1.54, 1.807) is 0 Å². The van der Waals surface area contributed by atoms with Crippen molar-refractivity contribution in [2.24, 2.45) is 0 Å².